The van der Waals surface area contributed by atoms with Crippen molar-refractivity contribution in [3.8, 4) is 0 Å². The third-order valence-corrected chi connectivity index (χ3v) is 2.72. The van der Waals surface area contributed by atoms with E-state index in [1.165, 1.54) is 19.1 Å². The average molecular weight is 284 g/mol. The van der Waals surface area contributed by atoms with Crippen LogP contribution in [0.4, 0.5) is 13.2 Å². The monoisotopic (exact) mass is 284 g/mol. The van der Waals surface area contributed by atoms with Crippen LogP contribution in [0.5, 0.6) is 0 Å². The van der Waals surface area contributed by atoms with Crippen molar-refractivity contribution >= 4 is 5.91 Å². The average Bonchev–Trinajstić information content (AvgIpc) is 2.81. The lowest BCUT2D eigenvalue weighted by atomic mass is 10.2. The fourth-order valence-electron chi connectivity index (χ4n) is 1.69. The van der Waals surface area contributed by atoms with Crippen LogP contribution in [0.3, 0.4) is 0 Å². The second-order valence-corrected chi connectivity index (χ2v) is 4.14. The van der Waals surface area contributed by atoms with Crippen molar-refractivity contribution in [1.29, 1.82) is 0 Å². The Balaban J connectivity index is 2.30. The Morgan fingerprint density at radius 1 is 1.30 bits per heavy atom. The molecule has 1 heterocycles. The Morgan fingerprint density at radius 2 is 1.95 bits per heavy atom. The summed E-state index contributed by atoms with van der Waals surface area (Å²) in [5, 5.41) is 3.32. The number of benzene rings is 1. The molecule has 0 atom stereocenters. The normalized spacial score (nSPS) is 11.4. The van der Waals surface area contributed by atoms with Crippen LogP contribution >= 0.6 is 0 Å². The van der Waals surface area contributed by atoms with Gasteiger partial charge in [-0.25, -0.2) is 4.90 Å². The molecular weight excluding hydrogens is 273 g/mol. The Kier molecular flexibility index (Phi) is 3.78. The first kappa shape index (κ1) is 14.1. The van der Waals surface area contributed by atoms with Gasteiger partial charge in [0.1, 0.15) is 11.3 Å². The van der Waals surface area contributed by atoms with Gasteiger partial charge in [-0.3, -0.25) is 4.79 Å². The standard InChI is InChI=1S/C13H11F3N2O2/c1-9-11(7-17-20-9)12(19)18(13(14,15)16)8-10-5-3-2-4-6-10/h2-7H,8H2,1H3. The highest BCUT2D eigenvalue weighted by molar-refractivity contribution is 5.94. The molecular formula is C13H11F3N2O2. The van der Waals surface area contributed by atoms with E-state index in [1.807, 2.05) is 0 Å². The summed E-state index contributed by atoms with van der Waals surface area (Å²) in [7, 11) is 0. The molecule has 0 spiro atoms. The molecule has 2 aromatic rings. The number of alkyl halides is 3. The van der Waals surface area contributed by atoms with E-state index in [1.54, 1.807) is 18.2 Å². The van der Waals surface area contributed by atoms with Gasteiger partial charge in [0.2, 0.25) is 0 Å². The summed E-state index contributed by atoms with van der Waals surface area (Å²) < 4.78 is 43.7. The molecule has 0 radical (unpaired) electrons. The Labute approximate surface area is 112 Å². The highest BCUT2D eigenvalue weighted by Crippen LogP contribution is 2.26. The molecule has 1 amide bonds. The number of hydrogen-bond acceptors (Lipinski definition) is 3. The number of carbonyl (C=O) groups is 1. The fourth-order valence-corrected chi connectivity index (χ4v) is 1.69. The minimum absolute atomic E-state index is 0.0531. The van der Waals surface area contributed by atoms with Crippen molar-refractivity contribution in [1.82, 2.24) is 10.1 Å². The zero-order chi connectivity index (χ0) is 14.8. The molecule has 0 aliphatic rings. The van der Waals surface area contributed by atoms with Crippen molar-refractivity contribution < 1.29 is 22.5 Å². The number of aromatic nitrogens is 1. The summed E-state index contributed by atoms with van der Waals surface area (Å²) in [6.07, 6.45) is -3.79. The molecule has 7 heteroatoms. The predicted octanol–water partition coefficient (Wildman–Crippen LogP) is 3.15. The summed E-state index contributed by atoms with van der Waals surface area (Å²) in [5.41, 5.74) is 0.186. The van der Waals surface area contributed by atoms with Gasteiger partial charge in [-0.15, -0.1) is 13.2 Å². The highest BCUT2D eigenvalue weighted by atomic mass is 19.4. The smallest absolute Gasteiger partial charge is 0.361 e. The van der Waals surface area contributed by atoms with Gasteiger partial charge in [0, 0.05) is 0 Å². The molecule has 0 bridgehead atoms. The van der Waals surface area contributed by atoms with E-state index in [2.05, 4.69) is 9.68 Å². The number of hydrogen-bond donors (Lipinski definition) is 0. The van der Waals surface area contributed by atoms with Gasteiger partial charge in [0.25, 0.3) is 5.91 Å². The van der Waals surface area contributed by atoms with Crippen LogP contribution in [0.25, 0.3) is 0 Å². The first-order chi connectivity index (χ1) is 9.39. The lowest BCUT2D eigenvalue weighted by molar-refractivity contribution is -0.227. The molecule has 0 N–H and O–H groups in total. The summed E-state index contributed by atoms with van der Waals surface area (Å²) in [5.74, 6) is -1.13. The van der Waals surface area contributed by atoms with Crippen molar-refractivity contribution in [2.24, 2.45) is 0 Å². The number of nitrogens with zero attached hydrogens (tertiary/aromatic N) is 2. The van der Waals surface area contributed by atoms with E-state index in [0.717, 1.165) is 6.20 Å². The number of rotatable bonds is 3. The molecule has 2 rings (SSSR count). The largest absolute Gasteiger partial charge is 0.487 e. The minimum atomic E-state index is -4.78. The Morgan fingerprint density at radius 3 is 2.45 bits per heavy atom. The van der Waals surface area contributed by atoms with Crippen LogP contribution in [0.15, 0.2) is 41.1 Å². The van der Waals surface area contributed by atoms with Crippen LogP contribution < -0.4 is 0 Å². The van der Waals surface area contributed by atoms with Gasteiger partial charge in [0.15, 0.2) is 0 Å². The molecule has 0 saturated heterocycles. The molecule has 0 unspecified atom stereocenters. The van der Waals surface area contributed by atoms with Crippen LogP contribution in [-0.4, -0.2) is 22.3 Å². The Bertz CT molecular complexity index is 593. The summed E-state index contributed by atoms with van der Waals surface area (Å²) in [4.78, 5) is 11.8. The lowest BCUT2D eigenvalue weighted by Crippen LogP contribution is -2.42. The third kappa shape index (κ3) is 2.98. The maximum Gasteiger partial charge on any atom is 0.487 e. The molecule has 0 fully saturated rings. The van der Waals surface area contributed by atoms with Crippen LogP contribution in [0, 0.1) is 6.92 Å². The molecule has 0 aliphatic heterocycles. The predicted molar refractivity (Wildman–Crippen MR) is 63.6 cm³/mol. The maximum atomic E-state index is 13.0. The molecule has 4 nitrogen and oxygen atoms in total. The molecule has 0 aliphatic carbocycles. The number of halogens is 3. The molecule has 1 aromatic heterocycles. The van der Waals surface area contributed by atoms with E-state index in [0.29, 0.717) is 5.56 Å². The number of aryl methyl sites for hydroxylation is 1. The summed E-state index contributed by atoms with van der Waals surface area (Å²) in [6.45, 7) is 0.825. The van der Waals surface area contributed by atoms with Crippen molar-refractivity contribution in [3.05, 3.63) is 53.4 Å². The fraction of sp³-hybridized carbons (Fsp3) is 0.231. The number of carbonyl (C=O) groups excluding carboxylic acids is 1. The van der Waals surface area contributed by atoms with E-state index < -0.39 is 18.8 Å². The first-order valence-electron chi connectivity index (χ1n) is 5.73. The number of amides is 1. The zero-order valence-electron chi connectivity index (χ0n) is 10.5. The molecule has 106 valence electrons. The second-order valence-electron chi connectivity index (χ2n) is 4.14. The van der Waals surface area contributed by atoms with Gasteiger partial charge in [-0.05, 0) is 12.5 Å². The van der Waals surface area contributed by atoms with Crippen LogP contribution in [-0.2, 0) is 6.54 Å². The zero-order valence-corrected chi connectivity index (χ0v) is 10.5. The van der Waals surface area contributed by atoms with Crippen LogP contribution in [0.2, 0.25) is 0 Å². The Hall–Kier alpha value is -2.31. The third-order valence-electron chi connectivity index (χ3n) is 2.72. The van der Waals surface area contributed by atoms with Gasteiger partial charge in [-0.2, -0.15) is 0 Å². The maximum absolute atomic E-state index is 13.0. The highest BCUT2D eigenvalue weighted by Gasteiger charge is 2.42. The van der Waals surface area contributed by atoms with Gasteiger partial charge in [-0.1, -0.05) is 35.5 Å². The van der Waals surface area contributed by atoms with Gasteiger partial charge in [0.05, 0.1) is 12.7 Å². The minimum Gasteiger partial charge on any atom is -0.361 e. The van der Waals surface area contributed by atoms with Gasteiger partial charge >= 0.3 is 6.30 Å². The van der Waals surface area contributed by atoms with E-state index in [-0.39, 0.29) is 16.2 Å². The van der Waals surface area contributed by atoms with Crippen molar-refractivity contribution in [2.75, 3.05) is 0 Å². The summed E-state index contributed by atoms with van der Waals surface area (Å²) >= 11 is 0. The topological polar surface area (TPSA) is 46.3 Å². The quantitative estimate of drug-likeness (QED) is 0.813. The van der Waals surface area contributed by atoms with Crippen LogP contribution in [0.1, 0.15) is 21.7 Å². The summed E-state index contributed by atoms with van der Waals surface area (Å²) in [6, 6.07) is 7.95. The molecule has 0 saturated carbocycles. The molecule has 1 aromatic carbocycles. The van der Waals surface area contributed by atoms with E-state index in [9.17, 15) is 18.0 Å². The van der Waals surface area contributed by atoms with Gasteiger partial charge < -0.3 is 4.52 Å². The molecule has 20 heavy (non-hydrogen) atoms. The second kappa shape index (κ2) is 5.36. The lowest BCUT2D eigenvalue weighted by Gasteiger charge is -2.24. The first-order valence-corrected chi connectivity index (χ1v) is 5.73. The SMILES string of the molecule is Cc1oncc1C(=O)N(Cc1ccccc1)C(F)(F)F. The van der Waals surface area contributed by atoms with E-state index in [4.69, 9.17) is 0 Å². The van der Waals surface area contributed by atoms with E-state index >= 15 is 0 Å². The van der Waals surface area contributed by atoms with Crippen molar-refractivity contribution in [2.45, 2.75) is 19.8 Å². The van der Waals surface area contributed by atoms with Crippen molar-refractivity contribution in [3.63, 3.8) is 0 Å².